The van der Waals surface area contributed by atoms with Crippen LogP contribution in [0.4, 0.5) is 5.69 Å². The first-order valence-corrected chi connectivity index (χ1v) is 5.84. The molecule has 0 fully saturated rings. The maximum Gasteiger partial charge on any atom is 0.269 e. The molecular weight excluding hydrogens is 248 g/mol. The summed E-state index contributed by atoms with van der Waals surface area (Å²) in [6.07, 6.45) is 0.648. The number of hydrogen-bond donors (Lipinski definition) is 1. The van der Waals surface area contributed by atoms with Crippen molar-refractivity contribution in [1.82, 2.24) is 15.5 Å². The molecule has 7 nitrogen and oxygen atoms in total. The molecule has 0 aliphatic rings. The lowest BCUT2D eigenvalue weighted by atomic mass is 10.1. The summed E-state index contributed by atoms with van der Waals surface area (Å²) in [5, 5.41) is 21.6. The second-order valence-corrected chi connectivity index (χ2v) is 4.11. The molecule has 0 radical (unpaired) electrons. The third-order valence-electron chi connectivity index (χ3n) is 2.71. The van der Waals surface area contributed by atoms with Crippen molar-refractivity contribution in [3.05, 3.63) is 39.8 Å². The van der Waals surface area contributed by atoms with E-state index in [0.29, 0.717) is 23.8 Å². The highest BCUT2D eigenvalue weighted by molar-refractivity contribution is 5.60. The van der Waals surface area contributed by atoms with E-state index in [2.05, 4.69) is 15.5 Å². The summed E-state index contributed by atoms with van der Waals surface area (Å²) in [5.74, 6) is 0.931. The number of benzene rings is 1. The topological polar surface area (TPSA) is 94.1 Å². The Morgan fingerprint density at radius 2 is 2.21 bits per heavy atom. The third-order valence-corrected chi connectivity index (χ3v) is 2.71. The number of non-ortho nitro benzene ring substituents is 1. The van der Waals surface area contributed by atoms with Crippen LogP contribution >= 0.6 is 0 Å². The fourth-order valence-corrected chi connectivity index (χ4v) is 1.70. The van der Waals surface area contributed by atoms with Gasteiger partial charge in [0.05, 0.1) is 4.92 Å². The Kier molecular flexibility index (Phi) is 3.86. The maximum atomic E-state index is 10.7. The zero-order valence-corrected chi connectivity index (χ0v) is 10.7. The van der Waals surface area contributed by atoms with Crippen LogP contribution in [0.3, 0.4) is 0 Å². The number of nitrogens with one attached hydrogen (secondary N) is 1. The lowest BCUT2D eigenvalue weighted by Crippen LogP contribution is -2.10. The smallest absolute Gasteiger partial charge is 0.269 e. The normalized spacial score (nSPS) is 10.6. The summed E-state index contributed by atoms with van der Waals surface area (Å²) in [6.45, 7) is 2.53. The number of rotatable bonds is 5. The van der Waals surface area contributed by atoms with E-state index in [9.17, 15) is 10.1 Å². The lowest BCUT2D eigenvalue weighted by molar-refractivity contribution is -0.384. The SMILES string of the molecule is CNCCc1nnc(-c2ccc([N+](=O)[O-])cc2C)o1. The Morgan fingerprint density at radius 1 is 1.42 bits per heavy atom. The van der Waals surface area contributed by atoms with Gasteiger partial charge in [-0.05, 0) is 25.6 Å². The molecule has 0 saturated heterocycles. The zero-order valence-electron chi connectivity index (χ0n) is 10.7. The van der Waals surface area contributed by atoms with Crippen LogP contribution in [0.15, 0.2) is 22.6 Å². The molecule has 0 saturated carbocycles. The van der Waals surface area contributed by atoms with Crippen molar-refractivity contribution in [2.75, 3.05) is 13.6 Å². The van der Waals surface area contributed by atoms with Crippen molar-refractivity contribution in [2.24, 2.45) is 0 Å². The van der Waals surface area contributed by atoms with Crippen LogP contribution in [0.2, 0.25) is 0 Å². The lowest BCUT2D eigenvalue weighted by Gasteiger charge is -2.00. The predicted molar refractivity (Wildman–Crippen MR) is 68.8 cm³/mol. The minimum Gasteiger partial charge on any atom is -0.421 e. The van der Waals surface area contributed by atoms with E-state index in [0.717, 1.165) is 12.1 Å². The standard InChI is InChI=1S/C12H14N4O3/c1-8-7-9(16(17)18)3-4-10(8)12-15-14-11(19-12)5-6-13-2/h3-4,7,13H,5-6H2,1-2H3. The zero-order chi connectivity index (χ0) is 13.8. The van der Waals surface area contributed by atoms with E-state index in [1.807, 2.05) is 7.05 Å². The number of likely N-dealkylation sites (N-methyl/N-ethyl adjacent to an activating group) is 1. The molecule has 0 unspecified atom stereocenters. The number of aryl methyl sites for hydroxylation is 1. The van der Waals surface area contributed by atoms with Crippen molar-refractivity contribution in [2.45, 2.75) is 13.3 Å². The molecule has 1 aromatic carbocycles. The molecule has 0 spiro atoms. The summed E-state index contributed by atoms with van der Waals surface area (Å²) < 4.78 is 5.52. The van der Waals surface area contributed by atoms with Crippen LogP contribution in [-0.4, -0.2) is 28.7 Å². The number of nitrogens with zero attached hydrogens (tertiary/aromatic N) is 3. The van der Waals surface area contributed by atoms with Gasteiger partial charge in [-0.1, -0.05) is 0 Å². The van der Waals surface area contributed by atoms with Gasteiger partial charge in [0.1, 0.15) is 0 Å². The van der Waals surface area contributed by atoms with Crippen LogP contribution in [0.25, 0.3) is 11.5 Å². The van der Waals surface area contributed by atoms with Gasteiger partial charge in [-0.2, -0.15) is 0 Å². The van der Waals surface area contributed by atoms with E-state index in [4.69, 9.17) is 4.42 Å². The summed E-state index contributed by atoms with van der Waals surface area (Å²) in [4.78, 5) is 10.2. The molecule has 0 atom stereocenters. The number of aromatic nitrogens is 2. The van der Waals surface area contributed by atoms with Gasteiger partial charge < -0.3 is 9.73 Å². The molecule has 0 bridgehead atoms. The average Bonchev–Trinajstić information content (AvgIpc) is 2.84. The molecule has 2 rings (SSSR count). The van der Waals surface area contributed by atoms with E-state index < -0.39 is 4.92 Å². The largest absolute Gasteiger partial charge is 0.421 e. The molecule has 1 heterocycles. The Bertz CT molecular complexity index is 594. The molecule has 7 heteroatoms. The van der Waals surface area contributed by atoms with Crippen molar-refractivity contribution in [3.8, 4) is 11.5 Å². The minimum atomic E-state index is -0.428. The van der Waals surface area contributed by atoms with Crippen LogP contribution in [0, 0.1) is 17.0 Å². The maximum absolute atomic E-state index is 10.7. The van der Waals surface area contributed by atoms with Crippen LogP contribution in [0.5, 0.6) is 0 Å². The monoisotopic (exact) mass is 262 g/mol. The first kappa shape index (κ1) is 13.2. The predicted octanol–water partition coefficient (Wildman–Crippen LogP) is 1.72. The van der Waals surface area contributed by atoms with Crippen LogP contribution < -0.4 is 5.32 Å². The minimum absolute atomic E-state index is 0.0520. The van der Waals surface area contributed by atoms with Crippen LogP contribution in [-0.2, 0) is 6.42 Å². The molecular formula is C12H14N4O3. The van der Waals surface area contributed by atoms with Crippen molar-refractivity contribution >= 4 is 5.69 Å². The van der Waals surface area contributed by atoms with Crippen molar-refractivity contribution in [3.63, 3.8) is 0 Å². The number of nitro groups is 1. The van der Waals surface area contributed by atoms with Gasteiger partial charge in [-0.15, -0.1) is 10.2 Å². The van der Waals surface area contributed by atoms with Crippen molar-refractivity contribution in [1.29, 1.82) is 0 Å². The fourth-order valence-electron chi connectivity index (χ4n) is 1.70. The highest BCUT2D eigenvalue weighted by Crippen LogP contribution is 2.25. The van der Waals surface area contributed by atoms with Gasteiger partial charge in [0.2, 0.25) is 11.8 Å². The number of nitro benzene ring substituents is 1. The summed E-state index contributed by atoms with van der Waals surface area (Å²) in [6, 6.07) is 4.55. The van der Waals surface area contributed by atoms with Crippen LogP contribution in [0.1, 0.15) is 11.5 Å². The van der Waals surface area contributed by atoms with Gasteiger partial charge in [0.25, 0.3) is 5.69 Å². The van der Waals surface area contributed by atoms with Gasteiger partial charge in [-0.25, -0.2) is 0 Å². The van der Waals surface area contributed by atoms with Gasteiger partial charge in [0.15, 0.2) is 0 Å². The fraction of sp³-hybridized carbons (Fsp3) is 0.333. The average molecular weight is 262 g/mol. The Balaban J connectivity index is 2.26. The highest BCUT2D eigenvalue weighted by atomic mass is 16.6. The Labute approximate surface area is 109 Å². The summed E-state index contributed by atoms with van der Waals surface area (Å²) >= 11 is 0. The summed E-state index contributed by atoms with van der Waals surface area (Å²) in [7, 11) is 1.84. The first-order valence-electron chi connectivity index (χ1n) is 5.84. The molecule has 100 valence electrons. The van der Waals surface area contributed by atoms with Gasteiger partial charge >= 0.3 is 0 Å². The molecule has 1 aromatic heterocycles. The molecule has 2 aromatic rings. The third kappa shape index (κ3) is 2.94. The first-order chi connectivity index (χ1) is 9.11. The van der Waals surface area contributed by atoms with E-state index in [1.165, 1.54) is 12.1 Å². The second kappa shape index (κ2) is 5.57. The van der Waals surface area contributed by atoms with E-state index in [1.54, 1.807) is 13.0 Å². The molecule has 0 amide bonds. The molecule has 0 aliphatic carbocycles. The second-order valence-electron chi connectivity index (χ2n) is 4.11. The highest BCUT2D eigenvalue weighted by Gasteiger charge is 2.14. The van der Waals surface area contributed by atoms with E-state index in [-0.39, 0.29) is 5.69 Å². The molecule has 19 heavy (non-hydrogen) atoms. The summed E-state index contributed by atoms with van der Waals surface area (Å²) in [5.41, 5.74) is 1.50. The van der Waals surface area contributed by atoms with E-state index >= 15 is 0 Å². The number of hydrogen-bond acceptors (Lipinski definition) is 6. The van der Waals surface area contributed by atoms with Crippen molar-refractivity contribution < 1.29 is 9.34 Å². The van der Waals surface area contributed by atoms with Gasteiger partial charge in [0, 0.05) is 30.7 Å². The molecule has 0 aliphatic heterocycles. The Hall–Kier alpha value is -2.28. The molecule has 1 N–H and O–H groups in total. The Morgan fingerprint density at radius 3 is 2.84 bits per heavy atom. The quantitative estimate of drug-likeness (QED) is 0.651. The van der Waals surface area contributed by atoms with Gasteiger partial charge in [-0.3, -0.25) is 10.1 Å².